The normalized spacial score (nSPS) is 15.6. The number of hydrogen-bond donors (Lipinski definition) is 0. The van der Waals surface area contributed by atoms with Crippen molar-refractivity contribution >= 4 is 17.5 Å². The number of rotatable bonds is 6. The fraction of sp³-hybridized carbons (Fsp3) is 0.364. The first-order valence-corrected chi connectivity index (χ1v) is 9.25. The number of amides is 2. The van der Waals surface area contributed by atoms with Crippen LogP contribution in [0.4, 0.5) is 5.69 Å². The van der Waals surface area contributed by atoms with Gasteiger partial charge in [-0.2, -0.15) is 0 Å². The highest BCUT2D eigenvalue weighted by molar-refractivity contribution is 5.98. The lowest BCUT2D eigenvalue weighted by atomic mass is 10.1. The molecule has 26 heavy (non-hydrogen) atoms. The van der Waals surface area contributed by atoms with Crippen molar-refractivity contribution in [3.05, 3.63) is 65.7 Å². The van der Waals surface area contributed by atoms with Gasteiger partial charge in [-0.05, 0) is 43.4 Å². The van der Waals surface area contributed by atoms with Crippen molar-refractivity contribution in [1.82, 2.24) is 4.90 Å². The molecule has 1 aliphatic heterocycles. The van der Waals surface area contributed by atoms with Crippen LogP contribution < -0.4 is 4.90 Å². The van der Waals surface area contributed by atoms with E-state index in [0.717, 1.165) is 24.9 Å². The number of aryl methyl sites for hydroxylation is 1. The third-order valence-electron chi connectivity index (χ3n) is 4.98. The van der Waals surface area contributed by atoms with Crippen molar-refractivity contribution in [2.24, 2.45) is 0 Å². The zero-order chi connectivity index (χ0) is 18.5. The van der Waals surface area contributed by atoms with E-state index in [-0.39, 0.29) is 24.4 Å². The van der Waals surface area contributed by atoms with E-state index in [0.29, 0.717) is 6.54 Å². The Morgan fingerprint density at radius 3 is 2.50 bits per heavy atom. The van der Waals surface area contributed by atoms with Gasteiger partial charge in [0.05, 0.1) is 0 Å². The van der Waals surface area contributed by atoms with Gasteiger partial charge in [0.2, 0.25) is 11.8 Å². The molecular weight excluding hydrogens is 324 g/mol. The molecule has 2 aromatic rings. The van der Waals surface area contributed by atoms with Gasteiger partial charge in [-0.3, -0.25) is 9.59 Å². The summed E-state index contributed by atoms with van der Waals surface area (Å²) in [6.07, 6.45) is 2.63. The van der Waals surface area contributed by atoms with Crippen molar-refractivity contribution in [2.75, 3.05) is 18.0 Å². The van der Waals surface area contributed by atoms with Gasteiger partial charge in [0.25, 0.3) is 0 Å². The molecule has 1 heterocycles. The second-order valence-corrected chi connectivity index (χ2v) is 6.98. The van der Waals surface area contributed by atoms with E-state index in [1.54, 1.807) is 4.90 Å². The van der Waals surface area contributed by atoms with Crippen molar-refractivity contribution in [3.8, 4) is 0 Å². The van der Waals surface area contributed by atoms with Crippen LogP contribution in [-0.4, -0.2) is 35.8 Å². The molecule has 2 aromatic carbocycles. The first-order valence-electron chi connectivity index (χ1n) is 9.25. The van der Waals surface area contributed by atoms with Crippen LogP contribution in [0.5, 0.6) is 0 Å². The SMILES string of the molecule is CC(=O)N(CCCc1ccccc1)CC(=O)N1c2ccccc2CC1C. The molecule has 1 unspecified atom stereocenters. The predicted molar refractivity (Wildman–Crippen MR) is 104 cm³/mol. The summed E-state index contributed by atoms with van der Waals surface area (Å²) in [5.74, 6) is -0.0519. The van der Waals surface area contributed by atoms with Gasteiger partial charge in [-0.1, -0.05) is 48.5 Å². The Morgan fingerprint density at radius 1 is 1.08 bits per heavy atom. The Morgan fingerprint density at radius 2 is 1.77 bits per heavy atom. The van der Waals surface area contributed by atoms with E-state index in [1.165, 1.54) is 18.1 Å². The van der Waals surface area contributed by atoms with Crippen LogP contribution in [0.25, 0.3) is 0 Å². The molecule has 0 fully saturated rings. The Balaban J connectivity index is 1.61. The summed E-state index contributed by atoms with van der Waals surface area (Å²) >= 11 is 0. The fourth-order valence-corrected chi connectivity index (χ4v) is 3.65. The van der Waals surface area contributed by atoms with Gasteiger partial charge < -0.3 is 9.80 Å². The fourth-order valence-electron chi connectivity index (χ4n) is 3.65. The molecule has 0 aromatic heterocycles. The molecule has 0 saturated carbocycles. The molecular formula is C22H26N2O2. The van der Waals surface area contributed by atoms with Gasteiger partial charge in [0, 0.05) is 25.2 Å². The summed E-state index contributed by atoms with van der Waals surface area (Å²) in [4.78, 5) is 28.4. The molecule has 4 nitrogen and oxygen atoms in total. The van der Waals surface area contributed by atoms with Crippen molar-refractivity contribution in [2.45, 2.75) is 39.2 Å². The molecule has 0 radical (unpaired) electrons. The molecule has 0 spiro atoms. The van der Waals surface area contributed by atoms with Gasteiger partial charge in [-0.25, -0.2) is 0 Å². The summed E-state index contributed by atoms with van der Waals surface area (Å²) < 4.78 is 0. The van der Waals surface area contributed by atoms with Gasteiger partial charge in [0.15, 0.2) is 0 Å². The Kier molecular flexibility index (Phi) is 5.71. The van der Waals surface area contributed by atoms with Crippen LogP contribution in [0.1, 0.15) is 31.4 Å². The number of nitrogens with zero attached hydrogens (tertiary/aromatic N) is 2. The van der Waals surface area contributed by atoms with E-state index in [4.69, 9.17) is 0 Å². The molecule has 1 atom stereocenters. The maximum absolute atomic E-state index is 12.9. The molecule has 0 N–H and O–H groups in total. The minimum absolute atomic E-state index is 0.00244. The molecule has 3 rings (SSSR count). The second kappa shape index (κ2) is 8.17. The molecule has 0 bridgehead atoms. The minimum atomic E-state index is -0.0495. The molecule has 0 saturated heterocycles. The number of carbonyl (C=O) groups is 2. The zero-order valence-corrected chi connectivity index (χ0v) is 15.5. The highest BCUT2D eigenvalue weighted by atomic mass is 16.2. The molecule has 2 amide bonds. The first-order chi connectivity index (χ1) is 12.6. The van der Waals surface area contributed by atoms with E-state index < -0.39 is 0 Å². The average molecular weight is 350 g/mol. The largest absolute Gasteiger partial charge is 0.334 e. The Bertz CT molecular complexity index is 773. The quantitative estimate of drug-likeness (QED) is 0.801. The summed E-state index contributed by atoms with van der Waals surface area (Å²) in [5, 5.41) is 0. The average Bonchev–Trinajstić information content (AvgIpc) is 2.97. The third kappa shape index (κ3) is 4.13. The van der Waals surface area contributed by atoms with Crippen molar-refractivity contribution in [1.29, 1.82) is 0 Å². The van der Waals surface area contributed by atoms with Crippen LogP contribution in [0.2, 0.25) is 0 Å². The van der Waals surface area contributed by atoms with E-state index in [9.17, 15) is 9.59 Å². The van der Waals surface area contributed by atoms with Crippen LogP contribution in [0.3, 0.4) is 0 Å². The summed E-state index contributed by atoms with van der Waals surface area (Å²) in [7, 11) is 0. The molecule has 0 aliphatic carbocycles. The van der Waals surface area contributed by atoms with Gasteiger partial charge in [-0.15, -0.1) is 0 Å². The standard InChI is InChI=1S/C22H26N2O2/c1-17-15-20-12-6-7-13-21(20)24(17)22(26)16-23(18(2)25)14-8-11-19-9-4-3-5-10-19/h3-7,9-10,12-13,17H,8,11,14-16H2,1-2H3. The number of para-hydroxylation sites is 1. The molecule has 4 heteroatoms. The third-order valence-corrected chi connectivity index (χ3v) is 4.98. The molecule has 1 aliphatic rings. The number of carbonyl (C=O) groups excluding carboxylic acids is 2. The highest BCUT2D eigenvalue weighted by Crippen LogP contribution is 2.31. The monoisotopic (exact) mass is 350 g/mol. The van der Waals surface area contributed by atoms with Crippen LogP contribution >= 0.6 is 0 Å². The topological polar surface area (TPSA) is 40.6 Å². The van der Waals surface area contributed by atoms with Crippen LogP contribution in [-0.2, 0) is 22.4 Å². The zero-order valence-electron chi connectivity index (χ0n) is 15.5. The summed E-state index contributed by atoms with van der Waals surface area (Å²) in [6, 6.07) is 18.4. The van der Waals surface area contributed by atoms with E-state index in [1.807, 2.05) is 41.3 Å². The van der Waals surface area contributed by atoms with Gasteiger partial charge >= 0.3 is 0 Å². The van der Waals surface area contributed by atoms with Crippen molar-refractivity contribution in [3.63, 3.8) is 0 Å². The highest BCUT2D eigenvalue weighted by Gasteiger charge is 2.31. The van der Waals surface area contributed by atoms with E-state index in [2.05, 4.69) is 25.1 Å². The number of fused-ring (bicyclic) bond motifs is 1. The first kappa shape index (κ1) is 18.2. The lowest BCUT2D eigenvalue weighted by Crippen LogP contribution is -2.44. The second-order valence-electron chi connectivity index (χ2n) is 6.98. The van der Waals surface area contributed by atoms with Crippen LogP contribution in [0, 0.1) is 0 Å². The lowest BCUT2D eigenvalue weighted by molar-refractivity contribution is -0.133. The summed E-state index contributed by atoms with van der Waals surface area (Å²) in [6.45, 7) is 4.34. The minimum Gasteiger partial charge on any atom is -0.334 e. The lowest BCUT2D eigenvalue weighted by Gasteiger charge is -2.27. The van der Waals surface area contributed by atoms with Gasteiger partial charge in [0.1, 0.15) is 6.54 Å². The maximum Gasteiger partial charge on any atom is 0.246 e. The predicted octanol–water partition coefficient (Wildman–Crippen LogP) is 3.45. The number of hydrogen-bond acceptors (Lipinski definition) is 2. The van der Waals surface area contributed by atoms with Crippen LogP contribution in [0.15, 0.2) is 54.6 Å². The Hall–Kier alpha value is -2.62. The smallest absolute Gasteiger partial charge is 0.246 e. The number of anilines is 1. The Labute approximate surface area is 155 Å². The molecule has 136 valence electrons. The van der Waals surface area contributed by atoms with E-state index >= 15 is 0 Å². The summed E-state index contributed by atoms with van der Waals surface area (Å²) in [5.41, 5.74) is 3.44. The van der Waals surface area contributed by atoms with Crippen molar-refractivity contribution < 1.29 is 9.59 Å². The maximum atomic E-state index is 12.9. The number of benzene rings is 2.